The molecule has 1 heterocycles. The van der Waals surface area contributed by atoms with Crippen molar-refractivity contribution in [1.82, 2.24) is 4.90 Å². The summed E-state index contributed by atoms with van der Waals surface area (Å²) >= 11 is 3.38. The van der Waals surface area contributed by atoms with Gasteiger partial charge in [0.15, 0.2) is 0 Å². The Morgan fingerprint density at radius 1 is 1.50 bits per heavy atom. The van der Waals surface area contributed by atoms with E-state index in [0.29, 0.717) is 25.5 Å². The molecule has 2 rings (SSSR count). The molecule has 1 fully saturated rings. The van der Waals surface area contributed by atoms with Crippen LogP contribution in [0.4, 0.5) is 4.79 Å². The number of carboxylic acid groups (broad SMARTS) is 1. The molecule has 1 aromatic carbocycles. The molecule has 1 N–H and O–H groups in total. The van der Waals surface area contributed by atoms with Crippen LogP contribution in [0.2, 0.25) is 0 Å². The van der Waals surface area contributed by atoms with Gasteiger partial charge < -0.3 is 19.5 Å². The topological polar surface area (TPSA) is 59.0 Å². The Kier molecular flexibility index (Phi) is 5.25. The van der Waals surface area contributed by atoms with Gasteiger partial charge in [0.05, 0.1) is 13.7 Å². The predicted octanol–water partition coefficient (Wildman–Crippen LogP) is 3.12. The number of carbonyl (C=O) groups is 1. The number of halogens is 1. The number of methoxy groups -OCH3 is 1. The molecule has 0 unspecified atom stereocenters. The monoisotopic (exact) mass is 343 g/mol. The van der Waals surface area contributed by atoms with Gasteiger partial charge in [0, 0.05) is 29.3 Å². The van der Waals surface area contributed by atoms with Crippen LogP contribution in [-0.4, -0.2) is 42.5 Å². The molecular weight excluding hydrogens is 326 g/mol. The van der Waals surface area contributed by atoms with Crippen LogP contribution in [0.25, 0.3) is 0 Å². The number of benzene rings is 1. The number of hydrogen-bond donors (Lipinski definition) is 1. The molecule has 0 atom stereocenters. The minimum atomic E-state index is -0.901. The summed E-state index contributed by atoms with van der Waals surface area (Å²) in [7, 11) is 1.59. The van der Waals surface area contributed by atoms with Crippen LogP contribution in [0, 0.1) is 0 Å². The molecule has 6 heteroatoms. The van der Waals surface area contributed by atoms with Gasteiger partial charge in [0.1, 0.15) is 5.75 Å². The maximum absolute atomic E-state index is 11.5. The normalized spacial score (nSPS) is 15.9. The van der Waals surface area contributed by atoms with Crippen LogP contribution in [0.3, 0.4) is 0 Å². The molecule has 0 spiro atoms. The lowest BCUT2D eigenvalue weighted by Gasteiger charge is -2.32. The Balaban J connectivity index is 2.17. The van der Waals surface area contributed by atoms with E-state index >= 15 is 0 Å². The Hall–Kier alpha value is -1.27. The largest absolute Gasteiger partial charge is 0.496 e. The van der Waals surface area contributed by atoms with Gasteiger partial charge in [-0.2, -0.15) is 0 Å². The van der Waals surface area contributed by atoms with Crippen LogP contribution >= 0.6 is 15.9 Å². The van der Waals surface area contributed by atoms with E-state index in [9.17, 15) is 9.90 Å². The van der Waals surface area contributed by atoms with Crippen molar-refractivity contribution in [3.8, 4) is 5.75 Å². The van der Waals surface area contributed by atoms with E-state index in [1.165, 1.54) is 4.90 Å². The zero-order valence-corrected chi connectivity index (χ0v) is 12.9. The van der Waals surface area contributed by atoms with Crippen molar-refractivity contribution >= 4 is 22.0 Å². The third kappa shape index (κ3) is 3.64. The molecule has 1 aliphatic rings. The maximum Gasteiger partial charge on any atom is 0.407 e. The molecule has 0 radical (unpaired) electrons. The highest BCUT2D eigenvalue weighted by Crippen LogP contribution is 2.26. The van der Waals surface area contributed by atoms with Crippen molar-refractivity contribution in [2.75, 3.05) is 20.3 Å². The molecule has 1 aromatic rings. The molecule has 5 nitrogen and oxygen atoms in total. The summed E-state index contributed by atoms with van der Waals surface area (Å²) in [4.78, 5) is 13.0. The average Bonchev–Trinajstić information content (AvgIpc) is 2.46. The van der Waals surface area contributed by atoms with Crippen molar-refractivity contribution in [1.29, 1.82) is 0 Å². The summed E-state index contributed by atoms with van der Waals surface area (Å²) < 4.78 is 11.5. The fourth-order valence-electron chi connectivity index (χ4n) is 2.38. The second-order valence-electron chi connectivity index (χ2n) is 4.71. The molecule has 1 aliphatic heterocycles. The highest BCUT2D eigenvalue weighted by atomic mass is 79.9. The Labute approximate surface area is 126 Å². The van der Waals surface area contributed by atoms with Crippen molar-refractivity contribution in [3.05, 3.63) is 28.2 Å². The van der Waals surface area contributed by atoms with E-state index in [1.807, 2.05) is 18.2 Å². The van der Waals surface area contributed by atoms with Crippen molar-refractivity contribution in [3.63, 3.8) is 0 Å². The first kappa shape index (κ1) is 15.1. The molecule has 110 valence electrons. The molecular formula is C14H18BrNO4. The molecule has 20 heavy (non-hydrogen) atoms. The van der Waals surface area contributed by atoms with Crippen molar-refractivity contribution < 1.29 is 19.4 Å². The SMILES string of the molecule is COc1cc(Br)ccc1CN(C(=O)O)C1CCOCC1. The third-order valence-corrected chi connectivity index (χ3v) is 3.96. The van der Waals surface area contributed by atoms with Gasteiger partial charge in [0.2, 0.25) is 0 Å². The van der Waals surface area contributed by atoms with E-state index in [1.54, 1.807) is 7.11 Å². The van der Waals surface area contributed by atoms with Crippen LogP contribution < -0.4 is 4.74 Å². The second kappa shape index (κ2) is 6.95. The van der Waals surface area contributed by atoms with E-state index in [2.05, 4.69) is 15.9 Å². The zero-order chi connectivity index (χ0) is 14.5. The molecule has 0 aliphatic carbocycles. The molecule has 1 saturated heterocycles. The highest BCUT2D eigenvalue weighted by molar-refractivity contribution is 9.10. The van der Waals surface area contributed by atoms with Gasteiger partial charge in [-0.15, -0.1) is 0 Å². The zero-order valence-electron chi connectivity index (χ0n) is 11.3. The minimum absolute atomic E-state index is 0.00889. The summed E-state index contributed by atoms with van der Waals surface area (Å²) in [6, 6.07) is 5.63. The number of rotatable bonds is 4. The summed E-state index contributed by atoms with van der Waals surface area (Å²) in [6.07, 6.45) is 0.581. The van der Waals surface area contributed by atoms with E-state index in [4.69, 9.17) is 9.47 Å². The maximum atomic E-state index is 11.5. The quantitative estimate of drug-likeness (QED) is 0.912. The summed E-state index contributed by atoms with van der Waals surface area (Å²) in [5.41, 5.74) is 0.865. The van der Waals surface area contributed by atoms with E-state index in [-0.39, 0.29) is 6.04 Å². The van der Waals surface area contributed by atoms with Gasteiger partial charge in [-0.05, 0) is 25.0 Å². The lowest BCUT2D eigenvalue weighted by molar-refractivity contribution is 0.0330. The third-order valence-electron chi connectivity index (χ3n) is 3.47. The lowest BCUT2D eigenvalue weighted by atomic mass is 10.1. The van der Waals surface area contributed by atoms with Crippen LogP contribution in [0.5, 0.6) is 5.75 Å². The summed E-state index contributed by atoms with van der Waals surface area (Å²) in [5.74, 6) is 0.692. The number of amides is 1. The Bertz CT molecular complexity index is 474. The molecule has 1 amide bonds. The molecule has 0 saturated carbocycles. The van der Waals surface area contributed by atoms with Gasteiger partial charge in [0.25, 0.3) is 0 Å². The first-order chi connectivity index (χ1) is 9.61. The van der Waals surface area contributed by atoms with Gasteiger partial charge >= 0.3 is 6.09 Å². The number of nitrogens with zero attached hydrogens (tertiary/aromatic N) is 1. The first-order valence-electron chi connectivity index (χ1n) is 6.51. The van der Waals surface area contributed by atoms with Gasteiger partial charge in [-0.3, -0.25) is 0 Å². The predicted molar refractivity (Wildman–Crippen MR) is 78.1 cm³/mol. The Morgan fingerprint density at radius 2 is 2.20 bits per heavy atom. The summed E-state index contributed by atoms with van der Waals surface area (Å²) in [5, 5.41) is 9.44. The molecule has 0 bridgehead atoms. The van der Waals surface area contributed by atoms with Crippen molar-refractivity contribution in [2.24, 2.45) is 0 Å². The Morgan fingerprint density at radius 3 is 2.80 bits per heavy atom. The molecule has 0 aromatic heterocycles. The van der Waals surface area contributed by atoms with E-state index in [0.717, 1.165) is 22.9 Å². The van der Waals surface area contributed by atoms with Crippen LogP contribution in [0.15, 0.2) is 22.7 Å². The van der Waals surface area contributed by atoms with Gasteiger partial charge in [-0.25, -0.2) is 4.79 Å². The van der Waals surface area contributed by atoms with Crippen molar-refractivity contribution in [2.45, 2.75) is 25.4 Å². The highest BCUT2D eigenvalue weighted by Gasteiger charge is 2.26. The lowest BCUT2D eigenvalue weighted by Crippen LogP contribution is -2.42. The standard InChI is InChI=1S/C14H18BrNO4/c1-19-13-8-11(15)3-2-10(13)9-16(14(17)18)12-4-6-20-7-5-12/h2-3,8,12H,4-7,9H2,1H3,(H,17,18). The number of hydrogen-bond acceptors (Lipinski definition) is 3. The fraction of sp³-hybridized carbons (Fsp3) is 0.500. The minimum Gasteiger partial charge on any atom is -0.496 e. The number of ether oxygens (including phenoxy) is 2. The first-order valence-corrected chi connectivity index (χ1v) is 7.31. The fourth-order valence-corrected chi connectivity index (χ4v) is 2.72. The van der Waals surface area contributed by atoms with Crippen LogP contribution in [-0.2, 0) is 11.3 Å². The van der Waals surface area contributed by atoms with Crippen LogP contribution in [0.1, 0.15) is 18.4 Å². The van der Waals surface area contributed by atoms with Gasteiger partial charge in [-0.1, -0.05) is 22.0 Å². The van der Waals surface area contributed by atoms with E-state index < -0.39 is 6.09 Å². The average molecular weight is 344 g/mol. The second-order valence-corrected chi connectivity index (χ2v) is 5.63. The summed E-state index contributed by atoms with van der Waals surface area (Å²) in [6.45, 7) is 1.56. The smallest absolute Gasteiger partial charge is 0.407 e.